The van der Waals surface area contributed by atoms with E-state index < -0.39 is 9.84 Å². The van der Waals surface area contributed by atoms with Crippen LogP contribution in [0.2, 0.25) is 5.02 Å². The van der Waals surface area contributed by atoms with Crippen molar-refractivity contribution in [3.63, 3.8) is 0 Å². The second-order valence-corrected chi connectivity index (χ2v) is 8.26. The van der Waals surface area contributed by atoms with E-state index in [1.165, 1.54) is 0 Å². The predicted molar refractivity (Wildman–Crippen MR) is 88.9 cm³/mol. The fourth-order valence-electron chi connectivity index (χ4n) is 2.66. The molecule has 4 nitrogen and oxygen atoms in total. The van der Waals surface area contributed by atoms with Gasteiger partial charge in [0.15, 0.2) is 9.84 Å². The second-order valence-electron chi connectivity index (χ2n) is 5.62. The molecule has 6 heteroatoms. The highest BCUT2D eigenvalue weighted by Crippen LogP contribution is 2.30. The third kappa shape index (κ3) is 4.34. The van der Waals surface area contributed by atoms with Crippen LogP contribution in [0.25, 0.3) is 0 Å². The summed E-state index contributed by atoms with van der Waals surface area (Å²) < 4.78 is 23.3. The zero-order valence-corrected chi connectivity index (χ0v) is 14.2. The average Bonchev–Trinajstić information content (AvgIpc) is 2.39. The Morgan fingerprint density at radius 2 is 2.19 bits per heavy atom. The van der Waals surface area contributed by atoms with Crippen LogP contribution in [0.1, 0.15) is 25.8 Å². The highest BCUT2D eigenvalue weighted by Gasteiger charge is 2.29. The van der Waals surface area contributed by atoms with Gasteiger partial charge in [0.25, 0.3) is 0 Å². The minimum absolute atomic E-state index is 0.0367. The molecule has 1 aromatic rings. The van der Waals surface area contributed by atoms with Crippen molar-refractivity contribution in [2.75, 3.05) is 29.5 Å². The molecule has 0 amide bonds. The Labute approximate surface area is 132 Å². The molecule has 0 bridgehead atoms. The molecule has 0 saturated carbocycles. The molecular formula is C15H23ClN2O2S. The summed E-state index contributed by atoms with van der Waals surface area (Å²) in [5, 5.41) is 4.04. The van der Waals surface area contributed by atoms with E-state index >= 15 is 0 Å². The van der Waals surface area contributed by atoms with Gasteiger partial charge in [-0.2, -0.15) is 0 Å². The molecule has 1 aliphatic heterocycles. The van der Waals surface area contributed by atoms with Crippen molar-refractivity contribution in [3.05, 3.63) is 28.8 Å². The number of hydrogen-bond donors (Lipinski definition) is 1. The van der Waals surface area contributed by atoms with Gasteiger partial charge in [-0.05, 0) is 37.6 Å². The Morgan fingerprint density at radius 3 is 2.81 bits per heavy atom. The summed E-state index contributed by atoms with van der Waals surface area (Å²) in [5.74, 6) is 0.399. The maximum atomic E-state index is 11.7. The number of nitrogens with zero attached hydrogens (tertiary/aromatic N) is 1. The fourth-order valence-corrected chi connectivity index (χ4v) is 4.53. The van der Waals surface area contributed by atoms with E-state index in [1.807, 2.05) is 19.1 Å². The van der Waals surface area contributed by atoms with Gasteiger partial charge in [0.2, 0.25) is 0 Å². The number of anilines is 1. The van der Waals surface area contributed by atoms with Gasteiger partial charge in [-0.25, -0.2) is 8.42 Å². The fraction of sp³-hybridized carbons (Fsp3) is 0.600. The van der Waals surface area contributed by atoms with Crippen LogP contribution in [-0.4, -0.2) is 39.1 Å². The maximum Gasteiger partial charge on any atom is 0.154 e. The molecule has 1 N–H and O–H groups in total. The Morgan fingerprint density at radius 1 is 1.43 bits per heavy atom. The van der Waals surface area contributed by atoms with Gasteiger partial charge >= 0.3 is 0 Å². The molecule has 1 heterocycles. The van der Waals surface area contributed by atoms with E-state index in [-0.39, 0.29) is 17.5 Å². The standard InChI is InChI=1S/C15H23ClN2O2S/c1-3-6-17-10-13-4-5-15(14(16)9-13)18-7-8-21(19,20)11-12(18)2/h4-5,9,12,17H,3,6-8,10-11H2,1-2H3. The van der Waals surface area contributed by atoms with Gasteiger partial charge < -0.3 is 10.2 Å². The van der Waals surface area contributed by atoms with E-state index in [1.54, 1.807) is 0 Å². The summed E-state index contributed by atoms with van der Waals surface area (Å²) in [6.07, 6.45) is 1.10. The molecule has 2 rings (SSSR count). The lowest BCUT2D eigenvalue weighted by Crippen LogP contribution is -2.47. The van der Waals surface area contributed by atoms with Gasteiger partial charge in [0, 0.05) is 19.1 Å². The smallest absolute Gasteiger partial charge is 0.154 e. The van der Waals surface area contributed by atoms with Gasteiger partial charge in [0.05, 0.1) is 22.2 Å². The normalized spacial score (nSPS) is 21.5. The Hall–Kier alpha value is -0.780. The maximum absolute atomic E-state index is 11.7. The number of rotatable bonds is 5. The van der Waals surface area contributed by atoms with Crippen molar-refractivity contribution >= 4 is 27.1 Å². The topological polar surface area (TPSA) is 49.4 Å². The van der Waals surface area contributed by atoms with E-state index in [4.69, 9.17) is 11.6 Å². The first-order valence-corrected chi connectivity index (χ1v) is 9.59. The van der Waals surface area contributed by atoms with Crippen LogP contribution in [0.5, 0.6) is 0 Å². The van der Waals surface area contributed by atoms with Crippen molar-refractivity contribution in [1.82, 2.24) is 5.32 Å². The summed E-state index contributed by atoms with van der Waals surface area (Å²) in [6.45, 7) is 6.37. The predicted octanol–water partition coefficient (Wildman–Crippen LogP) is 2.46. The summed E-state index contributed by atoms with van der Waals surface area (Å²) >= 11 is 6.39. The Bertz CT molecular complexity index is 589. The molecular weight excluding hydrogens is 308 g/mol. The molecule has 118 valence electrons. The van der Waals surface area contributed by atoms with Gasteiger partial charge in [-0.3, -0.25) is 0 Å². The molecule has 1 atom stereocenters. The molecule has 1 aromatic carbocycles. The van der Waals surface area contributed by atoms with Crippen LogP contribution in [-0.2, 0) is 16.4 Å². The minimum atomic E-state index is -2.90. The molecule has 1 fully saturated rings. The molecule has 1 unspecified atom stereocenters. The number of benzene rings is 1. The quantitative estimate of drug-likeness (QED) is 0.843. The third-order valence-corrected chi connectivity index (χ3v) is 5.85. The lowest BCUT2D eigenvalue weighted by atomic mass is 10.1. The van der Waals surface area contributed by atoms with E-state index in [0.29, 0.717) is 11.6 Å². The van der Waals surface area contributed by atoms with Crippen molar-refractivity contribution in [2.45, 2.75) is 32.9 Å². The number of nitrogens with one attached hydrogen (secondary N) is 1. The molecule has 1 saturated heterocycles. The number of hydrogen-bond acceptors (Lipinski definition) is 4. The van der Waals surface area contributed by atoms with Crippen molar-refractivity contribution in [3.8, 4) is 0 Å². The second kappa shape index (κ2) is 6.99. The van der Waals surface area contributed by atoms with Gasteiger partial charge in [0.1, 0.15) is 0 Å². The first-order valence-electron chi connectivity index (χ1n) is 7.39. The molecule has 1 aliphatic rings. The van der Waals surface area contributed by atoms with Crippen LogP contribution in [0.4, 0.5) is 5.69 Å². The van der Waals surface area contributed by atoms with Crippen molar-refractivity contribution < 1.29 is 8.42 Å². The number of sulfone groups is 1. The number of halogens is 1. The summed E-state index contributed by atoms with van der Waals surface area (Å²) in [5.41, 5.74) is 2.08. The Balaban J connectivity index is 2.10. The van der Waals surface area contributed by atoms with Crippen LogP contribution in [0.3, 0.4) is 0 Å². The largest absolute Gasteiger partial charge is 0.366 e. The molecule has 0 aromatic heterocycles. The first kappa shape index (κ1) is 16.6. The van der Waals surface area contributed by atoms with Crippen LogP contribution in [0, 0.1) is 0 Å². The molecule has 0 radical (unpaired) electrons. The molecule has 21 heavy (non-hydrogen) atoms. The lowest BCUT2D eigenvalue weighted by Gasteiger charge is -2.35. The Kier molecular flexibility index (Phi) is 5.52. The average molecular weight is 331 g/mol. The van der Waals surface area contributed by atoms with Crippen LogP contribution < -0.4 is 10.2 Å². The third-order valence-electron chi connectivity index (χ3n) is 3.75. The van der Waals surface area contributed by atoms with E-state index in [9.17, 15) is 8.42 Å². The molecule has 0 spiro atoms. The van der Waals surface area contributed by atoms with E-state index in [2.05, 4.69) is 23.2 Å². The summed E-state index contributed by atoms with van der Waals surface area (Å²) in [4.78, 5) is 2.09. The van der Waals surface area contributed by atoms with E-state index in [0.717, 1.165) is 30.8 Å². The first-order chi connectivity index (χ1) is 9.93. The SMILES string of the molecule is CCCNCc1ccc(N2CCS(=O)(=O)CC2C)c(Cl)c1. The minimum Gasteiger partial charge on any atom is -0.366 e. The van der Waals surface area contributed by atoms with Crippen LogP contribution >= 0.6 is 11.6 Å². The van der Waals surface area contributed by atoms with Crippen molar-refractivity contribution in [1.29, 1.82) is 0 Å². The van der Waals surface area contributed by atoms with Gasteiger partial charge in [-0.15, -0.1) is 0 Å². The highest BCUT2D eigenvalue weighted by molar-refractivity contribution is 7.91. The molecule has 0 aliphatic carbocycles. The summed E-state index contributed by atoms with van der Waals surface area (Å²) in [6, 6.07) is 5.99. The zero-order valence-electron chi connectivity index (χ0n) is 12.6. The zero-order chi connectivity index (χ0) is 15.5. The van der Waals surface area contributed by atoms with Crippen LogP contribution in [0.15, 0.2) is 18.2 Å². The summed E-state index contributed by atoms with van der Waals surface area (Å²) in [7, 11) is -2.90. The van der Waals surface area contributed by atoms with Crippen molar-refractivity contribution in [2.24, 2.45) is 0 Å². The van der Waals surface area contributed by atoms with Gasteiger partial charge in [-0.1, -0.05) is 24.6 Å². The monoisotopic (exact) mass is 330 g/mol. The lowest BCUT2D eigenvalue weighted by molar-refractivity contribution is 0.568. The highest BCUT2D eigenvalue weighted by atomic mass is 35.5.